The summed E-state index contributed by atoms with van der Waals surface area (Å²) in [5, 5.41) is 4.20. The second-order valence-corrected chi connectivity index (χ2v) is 5.14. The molecule has 3 N–H and O–H groups in total. The molecule has 0 spiro atoms. The predicted octanol–water partition coefficient (Wildman–Crippen LogP) is 2.45. The number of rotatable bonds is 4. The lowest BCUT2D eigenvalue weighted by Crippen LogP contribution is -2.36. The van der Waals surface area contributed by atoms with Gasteiger partial charge in [-0.3, -0.25) is 4.79 Å². The van der Waals surface area contributed by atoms with Gasteiger partial charge in [0.1, 0.15) is 0 Å². The van der Waals surface area contributed by atoms with E-state index in [2.05, 4.69) is 5.32 Å². The molecule has 1 amide bonds. The molecule has 92 valence electrons. The van der Waals surface area contributed by atoms with Gasteiger partial charge in [-0.15, -0.1) is 0 Å². The molecule has 1 aromatic carbocycles. The van der Waals surface area contributed by atoms with Gasteiger partial charge >= 0.3 is 0 Å². The van der Waals surface area contributed by atoms with Gasteiger partial charge in [-0.1, -0.05) is 29.3 Å². The number of nitrogens with two attached hydrogens (primary N) is 1. The third-order valence-corrected chi connectivity index (χ3v) is 3.49. The van der Waals surface area contributed by atoms with Crippen LogP contribution in [0.25, 0.3) is 0 Å². The summed E-state index contributed by atoms with van der Waals surface area (Å²) in [4.78, 5) is 11.6. The van der Waals surface area contributed by atoms with Crippen LogP contribution in [0.4, 0.5) is 0 Å². The number of amides is 1. The number of carbonyl (C=O) groups excluding carboxylic acids is 1. The van der Waals surface area contributed by atoms with Crippen molar-refractivity contribution >= 4 is 29.1 Å². The molecule has 1 aliphatic rings. The van der Waals surface area contributed by atoms with Crippen molar-refractivity contribution in [2.75, 3.05) is 6.54 Å². The standard InChI is InChI=1S/C12H14Cl2N2O/c13-8-1-2-9(10(14)7-8)12(4-5-12)16-11(17)3-6-15/h1-2,7H,3-6,15H2,(H,16,17). The van der Waals surface area contributed by atoms with Gasteiger partial charge < -0.3 is 11.1 Å². The molecular formula is C12H14Cl2N2O. The van der Waals surface area contributed by atoms with Gasteiger partial charge in [0.15, 0.2) is 0 Å². The normalized spacial score (nSPS) is 16.6. The number of nitrogens with one attached hydrogen (secondary N) is 1. The fraction of sp³-hybridized carbons (Fsp3) is 0.417. The summed E-state index contributed by atoms with van der Waals surface area (Å²) in [5.74, 6) is -0.0315. The zero-order valence-corrected chi connectivity index (χ0v) is 10.8. The van der Waals surface area contributed by atoms with Gasteiger partial charge in [-0.25, -0.2) is 0 Å². The van der Waals surface area contributed by atoms with Crippen LogP contribution in [0, 0.1) is 0 Å². The Kier molecular flexibility index (Phi) is 3.61. The van der Waals surface area contributed by atoms with Crippen LogP contribution in [-0.4, -0.2) is 12.5 Å². The van der Waals surface area contributed by atoms with Gasteiger partial charge in [0.05, 0.1) is 5.54 Å². The van der Waals surface area contributed by atoms with Crippen molar-refractivity contribution in [1.82, 2.24) is 5.32 Å². The fourth-order valence-electron chi connectivity index (χ4n) is 1.92. The van der Waals surface area contributed by atoms with Crippen molar-refractivity contribution in [3.8, 4) is 0 Å². The van der Waals surface area contributed by atoms with Crippen LogP contribution in [0.1, 0.15) is 24.8 Å². The molecule has 0 heterocycles. The highest BCUT2D eigenvalue weighted by Gasteiger charge is 2.46. The summed E-state index contributed by atoms with van der Waals surface area (Å²) < 4.78 is 0. The average Bonchev–Trinajstić information content (AvgIpc) is 2.98. The van der Waals surface area contributed by atoms with E-state index in [9.17, 15) is 4.79 Å². The Morgan fingerprint density at radius 2 is 2.12 bits per heavy atom. The first-order valence-electron chi connectivity index (χ1n) is 5.54. The summed E-state index contributed by atoms with van der Waals surface area (Å²) in [5.41, 5.74) is 5.99. The van der Waals surface area contributed by atoms with Crippen LogP contribution in [0.15, 0.2) is 18.2 Å². The Hall–Kier alpha value is -0.770. The third-order valence-electron chi connectivity index (χ3n) is 2.95. The molecule has 1 saturated carbocycles. The molecule has 1 fully saturated rings. The molecule has 0 unspecified atom stereocenters. The summed E-state index contributed by atoms with van der Waals surface area (Å²) in [7, 11) is 0. The summed E-state index contributed by atoms with van der Waals surface area (Å²) >= 11 is 12.0. The lowest BCUT2D eigenvalue weighted by Gasteiger charge is -2.19. The Morgan fingerprint density at radius 1 is 1.41 bits per heavy atom. The van der Waals surface area contributed by atoms with Crippen molar-refractivity contribution in [2.24, 2.45) is 5.73 Å². The fourth-order valence-corrected chi connectivity index (χ4v) is 2.51. The molecule has 1 aromatic rings. The highest BCUT2D eigenvalue weighted by atomic mass is 35.5. The van der Waals surface area contributed by atoms with Crippen molar-refractivity contribution in [3.05, 3.63) is 33.8 Å². The zero-order chi connectivity index (χ0) is 12.5. The van der Waals surface area contributed by atoms with E-state index in [1.807, 2.05) is 6.07 Å². The molecule has 0 aliphatic heterocycles. The van der Waals surface area contributed by atoms with Crippen LogP contribution in [-0.2, 0) is 10.3 Å². The quantitative estimate of drug-likeness (QED) is 0.885. The molecule has 0 saturated heterocycles. The average molecular weight is 273 g/mol. The van der Waals surface area contributed by atoms with Crippen LogP contribution in [0.2, 0.25) is 10.0 Å². The molecule has 0 atom stereocenters. The third kappa shape index (κ3) is 2.73. The van der Waals surface area contributed by atoms with Gasteiger partial charge in [0.2, 0.25) is 5.91 Å². The first-order chi connectivity index (χ1) is 8.07. The van der Waals surface area contributed by atoms with Crippen molar-refractivity contribution < 1.29 is 4.79 Å². The maximum absolute atomic E-state index is 11.6. The SMILES string of the molecule is NCCC(=O)NC1(c2ccc(Cl)cc2Cl)CC1. The second-order valence-electron chi connectivity index (χ2n) is 4.29. The van der Waals surface area contributed by atoms with Gasteiger partial charge in [0.25, 0.3) is 0 Å². The van der Waals surface area contributed by atoms with Crippen LogP contribution in [0.3, 0.4) is 0 Å². The van der Waals surface area contributed by atoms with E-state index in [-0.39, 0.29) is 11.4 Å². The molecule has 1 aliphatic carbocycles. The first-order valence-corrected chi connectivity index (χ1v) is 6.29. The highest BCUT2D eigenvalue weighted by molar-refractivity contribution is 6.35. The van der Waals surface area contributed by atoms with E-state index in [0.29, 0.717) is 23.0 Å². The molecule has 2 rings (SSSR count). The minimum absolute atomic E-state index is 0.0315. The van der Waals surface area contributed by atoms with Crippen LogP contribution < -0.4 is 11.1 Å². The summed E-state index contributed by atoms with van der Waals surface area (Å²) in [6.07, 6.45) is 2.16. The Balaban J connectivity index is 2.18. The van der Waals surface area contributed by atoms with E-state index in [1.165, 1.54) is 0 Å². The molecule has 3 nitrogen and oxygen atoms in total. The topological polar surface area (TPSA) is 55.1 Å². The second kappa shape index (κ2) is 4.84. The largest absolute Gasteiger partial charge is 0.346 e. The van der Waals surface area contributed by atoms with E-state index in [0.717, 1.165) is 18.4 Å². The van der Waals surface area contributed by atoms with E-state index >= 15 is 0 Å². The molecular weight excluding hydrogens is 259 g/mol. The smallest absolute Gasteiger partial charge is 0.221 e. The zero-order valence-electron chi connectivity index (χ0n) is 9.30. The van der Waals surface area contributed by atoms with E-state index in [4.69, 9.17) is 28.9 Å². The molecule has 0 radical (unpaired) electrons. The minimum atomic E-state index is -0.298. The van der Waals surface area contributed by atoms with E-state index in [1.54, 1.807) is 12.1 Å². The number of halogens is 2. The predicted molar refractivity (Wildman–Crippen MR) is 69.2 cm³/mol. The Labute approximate surface area is 110 Å². The van der Waals surface area contributed by atoms with Crippen molar-refractivity contribution in [1.29, 1.82) is 0 Å². The van der Waals surface area contributed by atoms with E-state index < -0.39 is 0 Å². The van der Waals surface area contributed by atoms with Crippen LogP contribution >= 0.6 is 23.2 Å². The number of hydrogen-bond donors (Lipinski definition) is 2. The van der Waals surface area contributed by atoms with Crippen LogP contribution in [0.5, 0.6) is 0 Å². The Bertz CT molecular complexity index is 444. The van der Waals surface area contributed by atoms with Crippen molar-refractivity contribution in [3.63, 3.8) is 0 Å². The first kappa shape index (κ1) is 12.7. The molecule has 0 aromatic heterocycles. The highest BCUT2D eigenvalue weighted by Crippen LogP contribution is 2.48. The Morgan fingerprint density at radius 3 is 2.65 bits per heavy atom. The van der Waals surface area contributed by atoms with Crippen molar-refractivity contribution in [2.45, 2.75) is 24.8 Å². The monoisotopic (exact) mass is 272 g/mol. The summed E-state index contributed by atoms with van der Waals surface area (Å²) in [6, 6.07) is 5.37. The number of benzene rings is 1. The lowest BCUT2D eigenvalue weighted by molar-refractivity contribution is -0.121. The molecule has 17 heavy (non-hydrogen) atoms. The molecule has 0 bridgehead atoms. The maximum Gasteiger partial charge on any atom is 0.221 e. The minimum Gasteiger partial charge on any atom is -0.346 e. The summed E-state index contributed by atoms with van der Waals surface area (Å²) in [6.45, 7) is 0.357. The van der Waals surface area contributed by atoms with Gasteiger partial charge in [-0.2, -0.15) is 0 Å². The number of hydrogen-bond acceptors (Lipinski definition) is 2. The number of carbonyl (C=O) groups is 1. The lowest BCUT2D eigenvalue weighted by atomic mass is 10.0. The van der Waals surface area contributed by atoms with Gasteiger partial charge in [0, 0.05) is 23.0 Å². The van der Waals surface area contributed by atoms with Gasteiger partial charge in [-0.05, 0) is 30.5 Å². The maximum atomic E-state index is 11.6. The molecule has 5 heteroatoms.